The molecule has 0 bridgehead atoms. The quantitative estimate of drug-likeness (QED) is 0.747. The van der Waals surface area contributed by atoms with Crippen LogP contribution in [0.1, 0.15) is 24.9 Å². The highest BCUT2D eigenvalue weighted by atomic mass is 35.5. The van der Waals surface area contributed by atoms with Gasteiger partial charge in [0.25, 0.3) is 5.92 Å². The Hall–Kier alpha value is -1.09. The van der Waals surface area contributed by atoms with E-state index < -0.39 is 36.6 Å². The molecule has 1 aromatic rings. The number of amides is 1. The molecule has 27 heavy (non-hydrogen) atoms. The third-order valence-corrected chi connectivity index (χ3v) is 4.99. The molecule has 4 nitrogen and oxygen atoms in total. The van der Waals surface area contributed by atoms with Gasteiger partial charge in [0.2, 0.25) is 5.91 Å². The predicted octanol–water partition coefficient (Wildman–Crippen LogP) is 3.01. The highest BCUT2D eigenvalue weighted by Crippen LogP contribution is 2.28. The molecule has 2 saturated heterocycles. The maximum atomic E-state index is 13.9. The standard InChI is InChI=1S/C17H21F4N3O.2ClH/c1-11(13-3-2-12(18)8-14(13)19)23-4-6-24(7-5-23)16(25)15-9-17(20,21)10-22-15;;/h2-3,8,11,15,22H,4-7,9-10H2,1H3;2*1H. The van der Waals surface area contributed by atoms with Crippen LogP contribution in [-0.2, 0) is 4.79 Å². The van der Waals surface area contributed by atoms with Crippen molar-refractivity contribution in [2.24, 2.45) is 0 Å². The van der Waals surface area contributed by atoms with Crippen molar-refractivity contribution >= 4 is 30.7 Å². The zero-order chi connectivity index (χ0) is 18.2. The Morgan fingerprint density at radius 3 is 2.33 bits per heavy atom. The van der Waals surface area contributed by atoms with Gasteiger partial charge in [-0.25, -0.2) is 17.6 Å². The Balaban J connectivity index is 0.00000182. The molecule has 3 rings (SSSR count). The van der Waals surface area contributed by atoms with Gasteiger partial charge < -0.3 is 4.90 Å². The minimum Gasteiger partial charge on any atom is -0.339 e. The van der Waals surface area contributed by atoms with E-state index in [-0.39, 0.29) is 36.8 Å². The number of alkyl halides is 2. The van der Waals surface area contributed by atoms with E-state index in [2.05, 4.69) is 5.32 Å². The molecule has 2 fully saturated rings. The lowest BCUT2D eigenvalue weighted by atomic mass is 10.0. The van der Waals surface area contributed by atoms with Crippen molar-refractivity contribution in [3.8, 4) is 0 Å². The van der Waals surface area contributed by atoms with E-state index in [4.69, 9.17) is 0 Å². The van der Waals surface area contributed by atoms with Gasteiger partial charge in [-0.1, -0.05) is 6.07 Å². The van der Waals surface area contributed by atoms with E-state index in [1.807, 2.05) is 11.8 Å². The van der Waals surface area contributed by atoms with Crippen LogP contribution in [0, 0.1) is 11.6 Å². The molecule has 0 radical (unpaired) electrons. The maximum absolute atomic E-state index is 13.9. The topological polar surface area (TPSA) is 35.6 Å². The Morgan fingerprint density at radius 2 is 1.81 bits per heavy atom. The third kappa shape index (κ3) is 5.47. The number of hydrogen-bond donors (Lipinski definition) is 1. The van der Waals surface area contributed by atoms with Crippen LogP contribution in [0.25, 0.3) is 0 Å². The Bertz CT molecular complexity index is 657. The van der Waals surface area contributed by atoms with Gasteiger partial charge in [-0.2, -0.15) is 0 Å². The summed E-state index contributed by atoms with van der Waals surface area (Å²) in [5.41, 5.74) is 0.401. The zero-order valence-electron chi connectivity index (χ0n) is 14.8. The summed E-state index contributed by atoms with van der Waals surface area (Å²) in [6.45, 7) is 3.17. The average Bonchev–Trinajstić information content (AvgIpc) is 2.94. The van der Waals surface area contributed by atoms with Crippen LogP contribution in [0.5, 0.6) is 0 Å². The van der Waals surface area contributed by atoms with E-state index >= 15 is 0 Å². The van der Waals surface area contributed by atoms with Crippen LogP contribution in [0.3, 0.4) is 0 Å². The lowest BCUT2D eigenvalue weighted by molar-refractivity contribution is -0.135. The van der Waals surface area contributed by atoms with E-state index in [1.165, 1.54) is 12.1 Å². The van der Waals surface area contributed by atoms with Crippen LogP contribution >= 0.6 is 24.8 Å². The number of carbonyl (C=O) groups excluding carboxylic acids is 1. The van der Waals surface area contributed by atoms with Gasteiger partial charge in [0.1, 0.15) is 11.6 Å². The predicted molar refractivity (Wildman–Crippen MR) is 98.8 cm³/mol. The summed E-state index contributed by atoms with van der Waals surface area (Å²) in [7, 11) is 0. The number of hydrogen-bond acceptors (Lipinski definition) is 3. The SMILES string of the molecule is CC(c1ccc(F)cc1F)N1CCN(C(=O)C2CC(F)(F)CN2)CC1.Cl.Cl. The fourth-order valence-electron chi connectivity index (χ4n) is 3.48. The summed E-state index contributed by atoms with van der Waals surface area (Å²) in [6, 6.07) is 2.41. The average molecular weight is 432 g/mol. The normalized spacial score (nSPS) is 23.3. The molecular weight excluding hydrogens is 409 g/mol. The lowest BCUT2D eigenvalue weighted by Gasteiger charge is -2.39. The van der Waals surface area contributed by atoms with Crippen molar-refractivity contribution in [2.45, 2.75) is 31.4 Å². The third-order valence-electron chi connectivity index (χ3n) is 4.99. The molecule has 0 saturated carbocycles. The largest absolute Gasteiger partial charge is 0.339 e. The number of piperazine rings is 1. The molecule has 2 atom stereocenters. The first-order chi connectivity index (χ1) is 11.8. The molecule has 0 aliphatic carbocycles. The monoisotopic (exact) mass is 431 g/mol. The van der Waals surface area contributed by atoms with Crippen molar-refractivity contribution < 1.29 is 22.4 Å². The van der Waals surface area contributed by atoms with Crippen LogP contribution in [0.2, 0.25) is 0 Å². The second-order valence-electron chi connectivity index (χ2n) is 6.70. The van der Waals surface area contributed by atoms with Gasteiger partial charge >= 0.3 is 0 Å². The highest BCUT2D eigenvalue weighted by Gasteiger charge is 2.43. The molecule has 1 N–H and O–H groups in total. The molecule has 2 aliphatic rings. The molecule has 2 heterocycles. The molecule has 2 aliphatic heterocycles. The van der Waals surface area contributed by atoms with Crippen LogP contribution in [0.4, 0.5) is 17.6 Å². The van der Waals surface area contributed by atoms with Crippen molar-refractivity contribution in [2.75, 3.05) is 32.7 Å². The highest BCUT2D eigenvalue weighted by molar-refractivity contribution is 5.85. The molecule has 2 unspecified atom stereocenters. The maximum Gasteiger partial charge on any atom is 0.262 e. The lowest BCUT2D eigenvalue weighted by Crippen LogP contribution is -2.53. The number of nitrogens with one attached hydrogen (secondary N) is 1. The van der Waals surface area contributed by atoms with Gasteiger partial charge in [-0.15, -0.1) is 24.8 Å². The fourth-order valence-corrected chi connectivity index (χ4v) is 3.48. The first kappa shape index (κ1) is 23.9. The van der Waals surface area contributed by atoms with Gasteiger partial charge in [-0.05, 0) is 13.0 Å². The molecular formula is C17H23Cl2F4N3O. The van der Waals surface area contributed by atoms with E-state index in [0.717, 1.165) is 6.07 Å². The van der Waals surface area contributed by atoms with E-state index in [1.54, 1.807) is 4.90 Å². The molecule has 0 spiro atoms. The summed E-state index contributed by atoms with van der Waals surface area (Å²) in [6.07, 6.45) is -0.469. The van der Waals surface area contributed by atoms with Crippen molar-refractivity contribution in [1.82, 2.24) is 15.1 Å². The summed E-state index contributed by atoms with van der Waals surface area (Å²) >= 11 is 0. The Kier molecular flexibility index (Phi) is 8.34. The Labute approximate surface area is 168 Å². The van der Waals surface area contributed by atoms with Gasteiger partial charge in [0.05, 0.1) is 12.6 Å². The smallest absolute Gasteiger partial charge is 0.262 e. The zero-order valence-corrected chi connectivity index (χ0v) is 16.4. The second kappa shape index (κ2) is 9.41. The molecule has 0 aromatic heterocycles. The minimum absolute atomic E-state index is 0. The number of halogens is 6. The molecule has 1 amide bonds. The fraction of sp³-hybridized carbons (Fsp3) is 0.588. The first-order valence-corrected chi connectivity index (χ1v) is 8.36. The number of carbonyl (C=O) groups is 1. The minimum atomic E-state index is -2.84. The first-order valence-electron chi connectivity index (χ1n) is 8.36. The Morgan fingerprint density at radius 1 is 1.19 bits per heavy atom. The number of benzene rings is 1. The second-order valence-corrected chi connectivity index (χ2v) is 6.70. The van der Waals surface area contributed by atoms with Crippen LogP contribution in [0.15, 0.2) is 18.2 Å². The molecule has 10 heteroatoms. The summed E-state index contributed by atoms with van der Waals surface area (Å²) < 4.78 is 53.4. The van der Waals surface area contributed by atoms with Crippen molar-refractivity contribution in [3.05, 3.63) is 35.4 Å². The van der Waals surface area contributed by atoms with Gasteiger partial charge in [0.15, 0.2) is 0 Å². The van der Waals surface area contributed by atoms with E-state index in [0.29, 0.717) is 31.7 Å². The van der Waals surface area contributed by atoms with Crippen molar-refractivity contribution in [3.63, 3.8) is 0 Å². The molecule has 1 aromatic carbocycles. The van der Waals surface area contributed by atoms with Gasteiger partial charge in [0, 0.05) is 50.3 Å². The number of nitrogens with zero attached hydrogens (tertiary/aromatic N) is 2. The number of rotatable bonds is 3. The van der Waals surface area contributed by atoms with Gasteiger partial charge in [-0.3, -0.25) is 15.0 Å². The van der Waals surface area contributed by atoms with Crippen molar-refractivity contribution in [1.29, 1.82) is 0 Å². The van der Waals surface area contributed by atoms with Crippen LogP contribution < -0.4 is 5.32 Å². The van der Waals surface area contributed by atoms with Crippen LogP contribution in [-0.4, -0.2) is 60.4 Å². The summed E-state index contributed by atoms with van der Waals surface area (Å²) in [5, 5.41) is 2.58. The summed E-state index contributed by atoms with van der Waals surface area (Å²) in [4.78, 5) is 15.9. The molecule has 154 valence electrons. The van der Waals surface area contributed by atoms with E-state index in [9.17, 15) is 22.4 Å². The summed E-state index contributed by atoms with van der Waals surface area (Å²) in [5.74, 6) is -4.36.